The van der Waals surface area contributed by atoms with Crippen molar-refractivity contribution in [3.05, 3.63) is 29.8 Å². The smallest absolute Gasteiger partial charge is 0.239 e. The van der Waals surface area contributed by atoms with Crippen molar-refractivity contribution in [1.29, 1.82) is 0 Å². The highest BCUT2D eigenvalue weighted by atomic mass is 16.1. The fourth-order valence-electron chi connectivity index (χ4n) is 2.74. The van der Waals surface area contributed by atoms with E-state index in [1.54, 1.807) is 0 Å². The first kappa shape index (κ1) is 13.9. The minimum absolute atomic E-state index is 0.0991. The maximum Gasteiger partial charge on any atom is 0.239 e. The number of hydrogen-bond donors (Lipinski definition) is 2. The average molecular weight is 260 g/mol. The molecule has 0 heterocycles. The minimum atomic E-state index is 0.0991. The molecule has 19 heavy (non-hydrogen) atoms. The Bertz CT molecular complexity index is 431. The standard InChI is InChI=1S/C16H24N2O/c1-12-7-3-5-9-14(12)17-11-16(19)18-15-10-6-4-8-13(15)2/h3,5,7,9,13,15,17H,4,6,8,10-11H2,1-2H3,(H,18,19)/t13-,15+/m1/s1. The lowest BCUT2D eigenvalue weighted by molar-refractivity contribution is -0.120. The average Bonchev–Trinajstić information content (AvgIpc) is 2.40. The van der Waals surface area contributed by atoms with Crippen molar-refractivity contribution in [3.8, 4) is 0 Å². The molecule has 0 saturated heterocycles. The Morgan fingerprint density at radius 3 is 2.74 bits per heavy atom. The van der Waals surface area contributed by atoms with Crippen molar-refractivity contribution in [2.24, 2.45) is 5.92 Å². The van der Waals surface area contributed by atoms with E-state index in [0.29, 0.717) is 18.5 Å². The summed E-state index contributed by atoms with van der Waals surface area (Å²) in [5.74, 6) is 0.707. The van der Waals surface area contributed by atoms with Gasteiger partial charge in [0.05, 0.1) is 6.54 Å². The molecule has 0 spiro atoms. The Kier molecular flexibility index (Phi) is 4.83. The van der Waals surface area contributed by atoms with Crippen LogP contribution in [0, 0.1) is 12.8 Å². The highest BCUT2D eigenvalue weighted by Gasteiger charge is 2.22. The number of carbonyl (C=O) groups excluding carboxylic acids is 1. The van der Waals surface area contributed by atoms with E-state index in [1.165, 1.54) is 24.8 Å². The number of nitrogens with one attached hydrogen (secondary N) is 2. The number of benzene rings is 1. The maximum atomic E-state index is 12.0. The number of para-hydroxylation sites is 1. The van der Waals surface area contributed by atoms with Gasteiger partial charge in [0.25, 0.3) is 0 Å². The van der Waals surface area contributed by atoms with Crippen molar-refractivity contribution in [3.63, 3.8) is 0 Å². The molecule has 1 saturated carbocycles. The zero-order valence-corrected chi connectivity index (χ0v) is 11.9. The summed E-state index contributed by atoms with van der Waals surface area (Å²) in [7, 11) is 0. The van der Waals surface area contributed by atoms with Crippen LogP contribution in [0.5, 0.6) is 0 Å². The molecular formula is C16H24N2O. The van der Waals surface area contributed by atoms with E-state index in [0.717, 1.165) is 12.1 Å². The fraction of sp³-hybridized carbons (Fsp3) is 0.562. The van der Waals surface area contributed by atoms with Crippen molar-refractivity contribution >= 4 is 11.6 Å². The van der Waals surface area contributed by atoms with Crippen molar-refractivity contribution in [1.82, 2.24) is 5.32 Å². The molecule has 2 atom stereocenters. The maximum absolute atomic E-state index is 12.0. The first-order valence-electron chi connectivity index (χ1n) is 7.25. The Balaban J connectivity index is 1.80. The first-order chi connectivity index (χ1) is 9.16. The molecule has 0 aliphatic heterocycles. The number of rotatable bonds is 4. The molecule has 104 valence electrons. The summed E-state index contributed by atoms with van der Waals surface area (Å²) in [6.07, 6.45) is 4.89. The molecule has 1 aromatic rings. The molecule has 1 fully saturated rings. The third-order valence-corrected chi connectivity index (χ3v) is 4.04. The van der Waals surface area contributed by atoms with Crippen molar-refractivity contribution < 1.29 is 4.79 Å². The van der Waals surface area contributed by atoms with Crippen molar-refractivity contribution in [2.45, 2.75) is 45.6 Å². The molecule has 1 amide bonds. The summed E-state index contributed by atoms with van der Waals surface area (Å²) in [5, 5.41) is 6.36. The van der Waals surface area contributed by atoms with E-state index in [-0.39, 0.29) is 5.91 Å². The first-order valence-corrected chi connectivity index (χ1v) is 7.25. The number of hydrogen-bond acceptors (Lipinski definition) is 2. The Labute approximate surface area is 115 Å². The van der Waals surface area contributed by atoms with Gasteiger partial charge in [-0.2, -0.15) is 0 Å². The van der Waals surface area contributed by atoms with Crippen LogP contribution in [0.25, 0.3) is 0 Å². The molecule has 0 bridgehead atoms. The van der Waals surface area contributed by atoms with Gasteiger partial charge in [0.2, 0.25) is 5.91 Å². The summed E-state index contributed by atoms with van der Waals surface area (Å²) in [6, 6.07) is 8.40. The summed E-state index contributed by atoms with van der Waals surface area (Å²) < 4.78 is 0. The number of amides is 1. The van der Waals surface area contributed by atoms with Crippen molar-refractivity contribution in [2.75, 3.05) is 11.9 Å². The molecule has 1 aromatic carbocycles. The summed E-state index contributed by atoms with van der Waals surface area (Å²) >= 11 is 0. The zero-order chi connectivity index (χ0) is 13.7. The summed E-state index contributed by atoms with van der Waals surface area (Å²) in [4.78, 5) is 12.0. The van der Waals surface area contributed by atoms with E-state index in [2.05, 4.69) is 17.6 Å². The summed E-state index contributed by atoms with van der Waals surface area (Å²) in [6.45, 7) is 4.64. The Morgan fingerprint density at radius 1 is 1.26 bits per heavy atom. The molecule has 0 unspecified atom stereocenters. The molecule has 3 heteroatoms. The third kappa shape index (κ3) is 3.98. The molecule has 1 aliphatic carbocycles. The molecule has 2 N–H and O–H groups in total. The van der Waals surface area contributed by atoms with Gasteiger partial charge in [-0.3, -0.25) is 4.79 Å². The second-order valence-corrected chi connectivity index (χ2v) is 5.60. The van der Waals surface area contributed by atoms with E-state index in [1.807, 2.05) is 31.2 Å². The predicted octanol–water partition coefficient (Wildman–Crippen LogP) is 3.10. The van der Waals surface area contributed by atoms with Gasteiger partial charge in [-0.05, 0) is 37.3 Å². The summed E-state index contributed by atoms with van der Waals surface area (Å²) in [5.41, 5.74) is 2.20. The van der Waals surface area contributed by atoms with E-state index < -0.39 is 0 Å². The quantitative estimate of drug-likeness (QED) is 0.873. The number of carbonyl (C=O) groups is 1. The van der Waals surface area contributed by atoms with E-state index in [9.17, 15) is 4.79 Å². The number of aryl methyl sites for hydroxylation is 1. The van der Waals surface area contributed by atoms with Crippen LogP contribution in [0.3, 0.4) is 0 Å². The van der Waals surface area contributed by atoms with Crippen LogP contribution in [0.15, 0.2) is 24.3 Å². The largest absolute Gasteiger partial charge is 0.376 e. The second kappa shape index (κ2) is 6.60. The molecular weight excluding hydrogens is 236 g/mol. The van der Waals surface area contributed by atoms with Gasteiger partial charge < -0.3 is 10.6 Å². The zero-order valence-electron chi connectivity index (χ0n) is 11.9. The molecule has 3 nitrogen and oxygen atoms in total. The predicted molar refractivity (Wildman–Crippen MR) is 79.2 cm³/mol. The highest BCUT2D eigenvalue weighted by Crippen LogP contribution is 2.23. The van der Waals surface area contributed by atoms with Gasteiger partial charge in [-0.1, -0.05) is 38.0 Å². The Morgan fingerprint density at radius 2 is 2.00 bits per heavy atom. The van der Waals surface area contributed by atoms with Crippen LogP contribution < -0.4 is 10.6 Å². The van der Waals surface area contributed by atoms with Gasteiger partial charge >= 0.3 is 0 Å². The van der Waals surface area contributed by atoms with Crippen LogP contribution in [-0.4, -0.2) is 18.5 Å². The van der Waals surface area contributed by atoms with Gasteiger partial charge in [0.15, 0.2) is 0 Å². The Hall–Kier alpha value is -1.51. The van der Waals surface area contributed by atoms with Gasteiger partial charge in [0, 0.05) is 11.7 Å². The molecule has 2 rings (SSSR count). The SMILES string of the molecule is Cc1ccccc1NCC(=O)N[C@H]1CCCC[C@H]1C. The van der Waals surface area contributed by atoms with Gasteiger partial charge in [-0.15, -0.1) is 0 Å². The van der Waals surface area contributed by atoms with Crippen LogP contribution in [-0.2, 0) is 4.79 Å². The normalized spacial score (nSPS) is 22.8. The topological polar surface area (TPSA) is 41.1 Å². The van der Waals surface area contributed by atoms with Gasteiger partial charge in [-0.25, -0.2) is 0 Å². The van der Waals surface area contributed by atoms with Crippen LogP contribution in [0.4, 0.5) is 5.69 Å². The lowest BCUT2D eigenvalue weighted by Gasteiger charge is -2.29. The molecule has 1 aliphatic rings. The van der Waals surface area contributed by atoms with E-state index in [4.69, 9.17) is 0 Å². The van der Waals surface area contributed by atoms with Crippen LogP contribution in [0.2, 0.25) is 0 Å². The van der Waals surface area contributed by atoms with Crippen LogP contribution in [0.1, 0.15) is 38.2 Å². The lowest BCUT2D eigenvalue weighted by Crippen LogP contribution is -2.43. The lowest BCUT2D eigenvalue weighted by atomic mass is 9.86. The molecule has 0 aromatic heterocycles. The molecule has 0 radical (unpaired) electrons. The number of anilines is 1. The fourth-order valence-corrected chi connectivity index (χ4v) is 2.74. The minimum Gasteiger partial charge on any atom is -0.376 e. The van der Waals surface area contributed by atoms with Crippen LogP contribution >= 0.6 is 0 Å². The highest BCUT2D eigenvalue weighted by molar-refractivity contribution is 5.81. The second-order valence-electron chi connectivity index (χ2n) is 5.60. The van der Waals surface area contributed by atoms with E-state index >= 15 is 0 Å². The monoisotopic (exact) mass is 260 g/mol. The third-order valence-electron chi connectivity index (χ3n) is 4.04. The van der Waals surface area contributed by atoms with Gasteiger partial charge in [0.1, 0.15) is 0 Å².